The summed E-state index contributed by atoms with van der Waals surface area (Å²) in [6.07, 6.45) is 0. The fourth-order valence-corrected chi connectivity index (χ4v) is 1.78. The first-order valence-corrected chi connectivity index (χ1v) is 5.49. The molecule has 0 saturated carbocycles. The zero-order valence-electron chi connectivity index (χ0n) is 9.02. The molecule has 80 valence electrons. The lowest BCUT2D eigenvalue weighted by atomic mass is 10.2. The summed E-state index contributed by atoms with van der Waals surface area (Å²) in [4.78, 5) is 17.4. The smallest absolute Gasteiger partial charge is 0.273 e. The number of nitriles is 1. The van der Waals surface area contributed by atoms with Gasteiger partial charge < -0.3 is 4.90 Å². The summed E-state index contributed by atoms with van der Waals surface area (Å²) in [5, 5.41) is 11.3. The first-order chi connectivity index (χ1) is 7.04. The van der Waals surface area contributed by atoms with E-state index >= 15 is 0 Å². The summed E-state index contributed by atoms with van der Waals surface area (Å²) in [6.45, 7) is 4.08. The van der Waals surface area contributed by atoms with Crippen molar-refractivity contribution in [1.29, 1.82) is 5.26 Å². The molecule has 1 amide bonds. The van der Waals surface area contributed by atoms with Gasteiger partial charge in [0.25, 0.3) is 5.91 Å². The minimum Gasteiger partial charge on any atom is -0.339 e. The second-order valence-electron chi connectivity index (χ2n) is 3.47. The van der Waals surface area contributed by atoms with Crippen LogP contribution in [0.25, 0.3) is 0 Å². The van der Waals surface area contributed by atoms with E-state index in [0.717, 1.165) is 5.01 Å². The highest BCUT2D eigenvalue weighted by atomic mass is 32.1. The number of thiazole rings is 1. The van der Waals surface area contributed by atoms with E-state index in [1.165, 1.54) is 16.2 Å². The quantitative estimate of drug-likeness (QED) is 0.783. The molecule has 0 spiro atoms. The predicted octanol–water partition coefficient (Wildman–Crippen LogP) is 1.68. The van der Waals surface area contributed by atoms with Gasteiger partial charge in [-0.15, -0.1) is 11.3 Å². The molecule has 0 aliphatic carbocycles. The van der Waals surface area contributed by atoms with Gasteiger partial charge in [-0.2, -0.15) is 5.26 Å². The third kappa shape index (κ3) is 3.03. The van der Waals surface area contributed by atoms with E-state index in [2.05, 4.69) is 11.1 Å². The van der Waals surface area contributed by atoms with Crippen LogP contribution in [0, 0.1) is 24.2 Å². The Morgan fingerprint density at radius 1 is 1.80 bits per heavy atom. The maximum absolute atomic E-state index is 11.8. The number of nitrogens with zero attached hydrogens (tertiary/aromatic N) is 3. The number of aryl methyl sites for hydroxylation is 1. The van der Waals surface area contributed by atoms with Gasteiger partial charge in [0, 0.05) is 19.0 Å². The summed E-state index contributed by atoms with van der Waals surface area (Å²) in [7, 11) is 1.69. The lowest BCUT2D eigenvalue weighted by molar-refractivity contribution is 0.0780. The van der Waals surface area contributed by atoms with Crippen LogP contribution in [0.15, 0.2) is 5.38 Å². The van der Waals surface area contributed by atoms with Gasteiger partial charge in [-0.25, -0.2) is 4.98 Å². The number of amides is 1. The minimum absolute atomic E-state index is 0.124. The van der Waals surface area contributed by atoms with Crippen LogP contribution in [0.2, 0.25) is 0 Å². The molecule has 0 aliphatic rings. The number of carbonyl (C=O) groups excluding carboxylic acids is 1. The normalized spacial score (nSPS) is 11.9. The van der Waals surface area contributed by atoms with Gasteiger partial charge in [-0.3, -0.25) is 4.79 Å². The van der Waals surface area contributed by atoms with Crippen LogP contribution in [-0.4, -0.2) is 29.4 Å². The van der Waals surface area contributed by atoms with Gasteiger partial charge in [-0.1, -0.05) is 0 Å². The molecular weight excluding hydrogens is 210 g/mol. The van der Waals surface area contributed by atoms with Crippen molar-refractivity contribution in [2.45, 2.75) is 13.8 Å². The first kappa shape index (κ1) is 11.7. The fraction of sp³-hybridized carbons (Fsp3) is 0.500. The maximum atomic E-state index is 11.8. The van der Waals surface area contributed by atoms with E-state index in [9.17, 15) is 4.79 Å². The number of aromatic nitrogens is 1. The summed E-state index contributed by atoms with van der Waals surface area (Å²) in [5.41, 5.74) is 0.463. The number of hydrogen-bond acceptors (Lipinski definition) is 4. The molecule has 1 aromatic rings. The third-order valence-electron chi connectivity index (χ3n) is 1.95. The summed E-state index contributed by atoms with van der Waals surface area (Å²) >= 11 is 1.45. The van der Waals surface area contributed by atoms with Gasteiger partial charge >= 0.3 is 0 Å². The van der Waals surface area contributed by atoms with Crippen LogP contribution in [0.3, 0.4) is 0 Å². The fourth-order valence-electron chi connectivity index (χ4n) is 1.19. The number of carbonyl (C=O) groups is 1. The van der Waals surface area contributed by atoms with Gasteiger partial charge in [0.05, 0.1) is 17.0 Å². The van der Waals surface area contributed by atoms with E-state index in [4.69, 9.17) is 5.26 Å². The molecule has 1 heterocycles. The SMILES string of the molecule is Cc1nc(C(=O)N(C)CC(C)C#N)cs1. The molecule has 0 bridgehead atoms. The summed E-state index contributed by atoms with van der Waals surface area (Å²) in [5.74, 6) is -0.278. The minimum atomic E-state index is -0.154. The Labute approximate surface area is 93.2 Å². The van der Waals surface area contributed by atoms with Crippen LogP contribution in [-0.2, 0) is 0 Å². The Kier molecular flexibility index (Phi) is 3.81. The van der Waals surface area contributed by atoms with Crippen molar-refractivity contribution >= 4 is 17.2 Å². The Hall–Kier alpha value is -1.41. The molecule has 0 fully saturated rings. The molecule has 15 heavy (non-hydrogen) atoms. The van der Waals surface area contributed by atoms with Gasteiger partial charge in [-0.05, 0) is 13.8 Å². The van der Waals surface area contributed by atoms with Crippen molar-refractivity contribution in [3.63, 3.8) is 0 Å². The predicted molar refractivity (Wildman–Crippen MR) is 58.6 cm³/mol. The average molecular weight is 223 g/mol. The lowest BCUT2D eigenvalue weighted by Crippen LogP contribution is -2.30. The van der Waals surface area contributed by atoms with Crippen molar-refractivity contribution in [2.75, 3.05) is 13.6 Å². The molecule has 0 N–H and O–H groups in total. The molecule has 0 aromatic carbocycles. The Bertz CT molecular complexity index is 394. The number of rotatable bonds is 3. The molecule has 1 unspecified atom stereocenters. The van der Waals surface area contributed by atoms with Gasteiger partial charge in [0.2, 0.25) is 0 Å². The van der Waals surface area contributed by atoms with E-state index < -0.39 is 0 Å². The van der Waals surface area contributed by atoms with E-state index in [1.807, 2.05) is 6.92 Å². The van der Waals surface area contributed by atoms with Crippen LogP contribution in [0.4, 0.5) is 0 Å². The van der Waals surface area contributed by atoms with E-state index in [1.54, 1.807) is 19.4 Å². The summed E-state index contributed by atoms with van der Waals surface area (Å²) < 4.78 is 0. The van der Waals surface area contributed by atoms with E-state index in [0.29, 0.717) is 12.2 Å². The van der Waals surface area contributed by atoms with Crippen molar-refractivity contribution in [1.82, 2.24) is 9.88 Å². The van der Waals surface area contributed by atoms with Crippen LogP contribution in [0.1, 0.15) is 22.4 Å². The molecule has 1 atom stereocenters. The molecule has 4 nitrogen and oxygen atoms in total. The van der Waals surface area contributed by atoms with Crippen molar-refractivity contribution in [3.05, 3.63) is 16.1 Å². The van der Waals surface area contributed by atoms with Crippen molar-refractivity contribution in [2.24, 2.45) is 5.92 Å². The maximum Gasteiger partial charge on any atom is 0.273 e. The average Bonchev–Trinajstić information content (AvgIpc) is 2.63. The Morgan fingerprint density at radius 2 is 2.47 bits per heavy atom. The zero-order valence-corrected chi connectivity index (χ0v) is 9.84. The van der Waals surface area contributed by atoms with Crippen LogP contribution < -0.4 is 0 Å². The standard InChI is InChI=1S/C10H13N3OS/c1-7(4-11)5-13(3)10(14)9-6-15-8(2)12-9/h6-7H,5H2,1-3H3. The monoisotopic (exact) mass is 223 g/mol. The molecule has 0 aliphatic heterocycles. The lowest BCUT2D eigenvalue weighted by Gasteiger charge is -2.16. The molecule has 0 saturated heterocycles. The number of hydrogen-bond donors (Lipinski definition) is 0. The molecular formula is C10H13N3OS. The largest absolute Gasteiger partial charge is 0.339 e. The highest BCUT2D eigenvalue weighted by molar-refractivity contribution is 7.09. The Morgan fingerprint density at radius 3 is 2.93 bits per heavy atom. The highest BCUT2D eigenvalue weighted by Gasteiger charge is 2.16. The second-order valence-corrected chi connectivity index (χ2v) is 4.53. The van der Waals surface area contributed by atoms with Gasteiger partial charge in [0.15, 0.2) is 0 Å². The topological polar surface area (TPSA) is 57.0 Å². The van der Waals surface area contributed by atoms with Crippen molar-refractivity contribution in [3.8, 4) is 6.07 Å². The molecule has 1 aromatic heterocycles. The molecule has 5 heteroatoms. The van der Waals surface area contributed by atoms with Gasteiger partial charge in [0.1, 0.15) is 5.69 Å². The van der Waals surface area contributed by atoms with Crippen LogP contribution >= 0.6 is 11.3 Å². The van der Waals surface area contributed by atoms with E-state index in [-0.39, 0.29) is 11.8 Å². The molecule has 0 radical (unpaired) electrons. The second kappa shape index (κ2) is 4.89. The van der Waals surface area contributed by atoms with Crippen molar-refractivity contribution < 1.29 is 4.79 Å². The molecule has 1 rings (SSSR count). The zero-order chi connectivity index (χ0) is 11.4. The summed E-state index contributed by atoms with van der Waals surface area (Å²) in [6, 6.07) is 2.10. The Balaban J connectivity index is 2.65. The third-order valence-corrected chi connectivity index (χ3v) is 2.73. The highest BCUT2D eigenvalue weighted by Crippen LogP contribution is 2.10. The van der Waals surface area contributed by atoms with Crippen LogP contribution in [0.5, 0.6) is 0 Å². The first-order valence-electron chi connectivity index (χ1n) is 4.61.